The highest BCUT2D eigenvalue weighted by Gasteiger charge is 2.38. The molecule has 0 saturated carbocycles. The van der Waals surface area contributed by atoms with E-state index in [1.54, 1.807) is 42.6 Å². The molecular weight excluding hydrogens is 400 g/mol. The zero-order valence-corrected chi connectivity index (χ0v) is 16.6. The first-order valence-corrected chi connectivity index (χ1v) is 9.74. The van der Waals surface area contributed by atoms with E-state index in [0.717, 1.165) is 16.3 Å². The summed E-state index contributed by atoms with van der Waals surface area (Å²) >= 11 is 0. The quantitative estimate of drug-likeness (QED) is 0.485. The number of aromatic hydroxyl groups is 1. The highest BCUT2D eigenvalue weighted by Crippen LogP contribution is 2.23. The van der Waals surface area contributed by atoms with E-state index < -0.39 is 24.0 Å². The lowest BCUT2D eigenvalue weighted by Crippen LogP contribution is -2.54. The van der Waals surface area contributed by atoms with Gasteiger partial charge in [-0.15, -0.1) is 0 Å². The monoisotopic (exact) mass is 422 g/mol. The average Bonchev–Trinajstić information content (AvgIpc) is 2.76. The molecule has 31 heavy (non-hydrogen) atoms. The van der Waals surface area contributed by atoms with Gasteiger partial charge in [0.25, 0.3) is 11.8 Å². The number of carbonyl (C=O) groups is 2. The number of hydrogen-bond acceptors (Lipinski definition) is 7. The Bertz CT molecular complexity index is 1120. The topological polar surface area (TPSA) is 138 Å². The zero-order valence-electron chi connectivity index (χ0n) is 16.6. The summed E-state index contributed by atoms with van der Waals surface area (Å²) in [6.07, 6.45) is -1.41. The number of phenolic OH excluding ortho intramolecular Hbond substituents is 1. The number of aliphatic hydroxyl groups excluding tert-OH is 1. The molecule has 5 N–H and O–H groups in total. The first-order valence-electron chi connectivity index (χ1n) is 9.74. The Morgan fingerprint density at radius 3 is 2.81 bits per heavy atom. The molecule has 2 atom stereocenters. The number of pyridine rings is 1. The van der Waals surface area contributed by atoms with Gasteiger partial charge in [0.2, 0.25) is 0 Å². The molecule has 3 aromatic rings. The summed E-state index contributed by atoms with van der Waals surface area (Å²) in [7, 11) is 0. The highest BCUT2D eigenvalue weighted by atomic mass is 16.5. The standard InChI is InChI=1S/C22H22N4O5/c23-20-17-6-3-15(11-14(17)7-8-24-20)25-21(29)18(28)19-22(30)26(9-10-31-19)12-13-1-4-16(27)5-2-13/h1-8,11,18-19,27-28H,9-10,12H2,(H2,23,24)(H,25,29)/t18-,19-/m1/s1. The number of nitrogens with zero attached hydrogens (tertiary/aromatic N) is 2. The summed E-state index contributed by atoms with van der Waals surface area (Å²) in [6, 6.07) is 13.3. The average molecular weight is 422 g/mol. The van der Waals surface area contributed by atoms with Crippen LogP contribution < -0.4 is 11.1 Å². The van der Waals surface area contributed by atoms with Crippen LogP contribution in [0, 0.1) is 0 Å². The molecule has 9 heteroatoms. The summed E-state index contributed by atoms with van der Waals surface area (Å²) in [6.45, 7) is 0.819. The molecule has 1 aromatic heterocycles. The maximum Gasteiger partial charge on any atom is 0.256 e. The van der Waals surface area contributed by atoms with Gasteiger partial charge in [0.05, 0.1) is 6.61 Å². The number of ether oxygens (including phenoxy) is 1. The van der Waals surface area contributed by atoms with Crippen molar-refractivity contribution in [1.29, 1.82) is 0 Å². The molecule has 0 radical (unpaired) electrons. The molecule has 0 aliphatic carbocycles. The van der Waals surface area contributed by atoms with Crippen LogP contribution in [0.4, 0.5) is 11.5 Å². The van der Waals surface area contributed by atoms with Crippen molar-refractivity contribution in [3.63, 3.8) is 0 Å². The molecule has 2 aromatic carbocycles. The third-order valence-corrected chi connectivity index (χ3v) is 5.14. The number of aliphatic hydroxyl groups is 1. The maximum atomic E-state index is 12.8. The number of anilines is 2. The van der Waals surface area contributed by atoms with Crippen LogP contribution in [-0.4, -0.2) is 57.3 Å². The second kappa shape index (κ2) is 8.58. The minimum atomic E-state index is -1.67. The molecule has 4 rings (SSSR count). The predicted molar refractivity (Wildman–Crippen MR) is 114 cm³/mol. The molecule has 9 nitrogen and oxygen atoms in total. The van der Waals surface area contributed by atoms with Crippen LogP contribution in [0.25, 0.3) is 10.8 Å². The third-order valence-electron chi connectivity index (χ3n) is 5.14. The number of nitrogens with two attached hydrogens (primary N) is 1. The van der Waals surface area contributed by atoms with Crippen molar-refractivity contribution in [2.24, 2.45) is 0 Å². The van der Waals surface area contributed by atoms with Crippen molar-refractivity contribution in [2.45, 2.75) is 18.8 Å². The Morgan fingerprint density at radius 2 is 2.03 bits per heavy atom. The van der Waals surface area contributed by atoms with E-state index >= 15 is 0 Å². The summed E-state index contributed by atoms with van der Waals surface area (Å²) in [4.78, 5) is 30.9. The molecule has 1 aliphatic rings. The normalized spacial score (nSPS) is 17.5. The number of benzene rings is 2. The Morgan fingerprint density at radius 1 is 1.26 bits per heavy atom. The number of amides is 2. The van der Waals surface area contributed by atoms with Crippen LogP contribution in [0.15, 0.2) is 54.7 Å². The van der Waals surface area contributed by atoms with Gasteiger partial charge in [-0.3, -0.25) is 9.59 Å². The van der Waals surface area contributed by atoms with Gasteiger partial charge in [-0.1, -0.05) is 12.1 Å². The number of morpholine rings is 1. The van der Waals surface area contributed by atoms with Crippen molar-refractivity contribution in [2.75, 3.05) is 24.2 Å². The summed E-state index contributed by atoms with van der Waals surface area (Å²) < 4.78 is 5.42. The molecule has 160 valence electrons. The minimum absolute atomic E-state index is 0.134. The Hall–Kier alpha value is -3.69. The van der Waals surface area contributed by atoms with E-state index in [1.165, 1.54) is 17.0 Å². The van der Waals surface area contributed by atoms with Gasteiger partial charge >= 0.3 is 0 Å². The summed E-state index contributed by atoms with van der Waals surface area (Å²) in [5.74, 6) is -0.703. The lowest BCUT2D eigenvalue weighted by atomic mass is 10.1. The number of phenols is 1. The van der Waals surface area contributed by atoms with Crippen LogP contribution in [-0.2, 0) is 20.9 Å². The minimum Gasteiger partial charge on any atom is -0.508 e. The molecule has 2 heterocycles. The Kier molecular flexibility index (Phi) is 5.70. The van der Waals surface area contributed by atoms with Crippen LogP contribution in [0.5, 0.6) is 5.75 Å². The maximum absolute atomic E-state index is 12.8. The van der Waals surface area contributed by atoms with E-state index in [0.29, 0.717) is 18.1 Å². The largest absolute Gasteiger partial charge is 0.508 e. The van der Waals surface area contributed by atoms with Gasteiger partial charge in [-0.2, -0.15) is 0 Å². The van der Waals surface area contributed by atoms with Crippen LogP contribution >= 0.6 is 0 Å². The SMILES string of the molecule is Nc1nccc2cc(NC(=O)[C@H](O)[C@H]3OCCN(Cc4ccc(O)cc4)C3=O)ccc12. The number of aromatic nitrogens is 1. The number of carbonyl (C=O) groups excluding carboxylic acids is 2. The Labute approximate surface area is 178 Å². The number of hydrogen-bond donors (Lipinski definition) is 4. The summed E-state index contributed by atoms with van der Waals surface area (Å²) in [5, 5.41) is 24.0. The van der Waals surface area contributed by atoms with Crippen LogP contribution in [0.2, 0.25) is 0 Å². The fraction of sp³-hybridized carbons (Fsp3) is 0.227. The molecule has 0 bridgehead atoms. The lowest BCUT2D eigenvalue weighted by molar-refractivity contribution is -0.166. The van der Waals surface area contributed by atoms with Gasteiger partial charge in [0.15, 0.2) is 12.2 Å². The number of nitrogens with one attached hydrogen (secondary N) is 1. The van der Waals surface area contributed by atoms with E-state index in [2.05, 4.69) is 10.3 Å². The fourth-order valence-electron chi connectivity index (χ4n) is 3.49. The predicted octanol–water partition coefficient (Wildman–Crippen LogP) is 1.25. The number of rotatable bonds is 5. The third kappa shape index (κ3) is 4.42. The molecule has 2 amide bonds. The molecule has 0 spiro atoms. The molecule has 0 unspecified atom stereocenters. The molecule has 1 fully saturated rings. The lowest BCUT2D eigenvalue weighted by Gasteiger charge is -2.34. The number of fused-ring (bicyclic) bond motifs is 1. The first-order chi connectivity index (χ1) is 14.9. The highest BCUT2D eigenvalue weighted by molar-refractivity contribution is 6.01. The van der Waals surface area contributed by atoms with E-state index in [4.69, 9.17) is 10.5 Å². The van der Waals surface area contributed by atoms with Crippen molar-refractivity contribution in [3.8, 4) is 5.75 Å². The molecule has 1 aliphatic heterocycles. The number of nitrogen functional groups attached to an aromatic ring is 1. The second-order valence-corrected chi connectivity index (χ2v) is 7.28. The van der Waals surface area contributed by atoms with Gasteiger partial charge in [0.1, 0.15) is 11.6 Å². The van der Waals surface area contributed by atoms with Gasteiger partial charge in [-0.05, 0) is 47.3 Å². The van der Waals surface area contributed by atoms with Gasteiger partial charge in [-0.25, -0.2) is 4.98 Å². The molecule has 1 saturated heterocycles. The molecular formula is C22H22N4O5. The fourth-order valence-corrected chi connectivity index (χ4v) is 3.49. The Balaban J connectivity index is 1.44. The van der Waals surface area contributed by atoms with E-state index in [1.807, 2.05) is 0 Å². The van der Waals surface area contributed by atoms with E-state index in [9.17, 15) is 19.8 Å². The second-order valence-electron chi connectivity index (χ2n) is 7.28. The van der Waals surface area contributed by atoms with Crippen molar-refractivity contribution >= 4 is 34.1 Å². The smallest absolute Gasteiger partial charge is 0.256 e. The van der Waals surface area contributed by atoms with E-state index in [-0.39, 0.29) is 18.9 Å². The van der Waals surface area contributed by atoms with Gasteiger partial charge < -0.3 is 30.9 Å². The zero-order chi connectivity index (χ0) is 22.0. The van der Waals surface area contributed by atoms with Crippen molar-refractivity contribution in [3.05, 3.63) is 60.3 Å². The van der Waals surface area contributed by atoms with Crippen molar-refractivity contribution in [1.82, 2.24) is 9.88 Å². The van der Waals surface area contributed by atoms with Crippen molar-refractivity contribution < 1.29 is 24.5 Å². The first kappa shape index (κ1) is 20.6. The van der Waals surface area contributed by atoms with Crippen LogP contribution in [0.1, 0.15) is 5.56 Å². The van der Waals surface area contributed by atoms with Gasteiger partial charge in [0, 0.05) is 30.4 Å². The van der Waals surface area contributed by atoms with Crippen LogP contribution in [0.3, 0.4) is 0 Å². The summed E-state index contributed by atoms with van der Waals surface area (Å²) in [5.41, 5.74) is 7.10.